The summed E-state index contributed by atoms with van der Waals surface area (Å²) in [5.74, 6) is 0.724. The van der Waals surface area contributed by atoms with Crippen LogP contribution in [0.5, 0.6) is 5.75 Å². The Hall–Kier alpha value is -2.37. The van der Waals surface area contributed by atoms with E-state index in [9.17, 15) is 4.79 Å². The molecule has 1 N–H and O–H groups in total. The first-order valence-electron chi connectivity index (χ1n) is 10.6. The van der Waals surface area contributed by atoms with Gasteiger partial charge in [0.1, 0.15) is 5.75 Å². The number of carbonyl (C=O) groups excluding carboxylic acids is 1. The van der Waals surface area contributed by atoms with Crippen molar-refractivity contribution in [2.75, 3.05) is 46.4 Å². The van der Waals surface area contributed by atoms with Gasteiger partial charge in [0, 0.05) is 44.8 Å². The van der Waals surface area contributed by atoms with E-state index in [-0.39, 0.29) is 5.91 Å². The number of nitrogens with one attached hydrogen (secondary N) is 1. The molecule has 1 saturated heterocycles. The van der Waals surface area contributed by atoms with E-state index in [0.29, 0.717) is 12.1 Å². The minimum Gasteiger partial charge on any atom is -0.496 e. The summed E-state index contributed by atoms with van der Waals surface area (Å²) in [4.78, 5) is 17.4. The maximum atomic E-state index is 12.3. The minimum absolute atomic E-state index is 0.0298. The third-order valence-corrected chi connectivity index (χ3v) is 5.57. The fraction of sp³-hybridized carbons (Fsp3) is 0.458. The molecule has 0 saturated carbocycles. The smallest absolute Gasteiger partial charge is 0.251 e. The van der Waals surface area contributed by atoms with Crippen LogP contribution in [0.25, 0.3) is 0 Å². The highest BCUT2D eigenvalue weighted by atomic mass is 16.5. The number of carbonyl (C=O) groups is 1. The van der Waals surface area contributed by atoms with Gasteiger partial charge in [-0.3, -0.25) is 9.69 Å². The molecule has 0 spiro atoms. The molecule has 5 nitrogen and oxygen atoms in total. The van der Waals surface area contributed by atoms with Gasteiger partial charge < -0.3 is 15.0 Å². The van der Waals surface area contributed by atoms with E-state index in [2.05, 4.69) is 45.4 Å². The Kier molecular flexibility index (Phi) is 8.08. The molecule has 0 bridgehead atoms. The van der Waals surface area contributed by atoms with Crippen molar-refractivity contribution in [3.05, 3.63) is 65.2 Å². The lowest BCUT2D eigenvalue weighted by atomic mass is 10.1. The van der Waals surface area contributed by atoms with Crippen LogP contribution in [0, 0.1) is 6.92 Å². The number of hydrogen-bond acceptors (Lipinski definition) is 4. The minimum atomic E-state index is -0.0298. The van der Waals surface area contributed by atoms with Crippen LogP contribution in [0.1, 0.15) is 34.3 Å². The van der Waals surface area contributed by atoms with E-state index in [1.165, 1.54) is 5.56 Å². The fourth-order valence-corrected chi connectivity index (χ4v) is 3.74. The fourth-order valence-electron chi connectivity index (χ4n) is 3.74. The van der Waals surface area contributed by atoms with Crippen molar-refractivity contribution in [1.29, 1.82) is 0 Å². The molecule has 3 rings (SSSR count). The van der Waals surface area contributed by atoms with Crippen molar-refractivity contribution in [3.63, 3.8) is 0 Å². The van der Waals surface area contributed by atoms with Crippen LogP contribution in [0.3, 0.4) is 0 Å². The molecule has 5 heteroatoms. The van der Waals surface area contributed by atoms with E-state index >= 15 is 0 Å². The molecule has 0 aliphatic carbocycles. The van der Waals surface area contributed by atoms with Gasteiger partial charge in [-0.1, -0.05) is 36.4 Å². The Morgan fingerprint density at radius 1 is 1.00 bits per heavy atom. The van der Waals surface area contributed by atoms with Crippen molar-refractivity contribution in [2.24, 2.45) is 0 Å². The van der Waals surface area contributed by atoms with Crippen LogP contribution in [-0.4, -0.2) is 62.1 Å². The summed E-state index contributed by atoms with van der Waals surface area (Å²) < 4.78 is 5.30. The highest BCUT2D eigenvalue weighted by Crippen LogP contribution is 2.18. The van der Waals surface area contributed by atoms with Crippen molar-refractivity contribution < 1.29 is 9.53 Å². The number of rotatable bonds is 9. The quantitative estimate of drug-likeness (QED) is 0.662. The molecule has 1 amide bonds. The SMILES string of the molecule is COc1cc(C(=O)NCCCCN2CCN(Cc3ccccc3)CC2)ccc1C. The van der Waals surface area contributed by atoms with E-state index in [1.807, 2.05) is 19.1 Å². The third-order valence-electron chi connectivity index (χ3n) is 5.57. The molecule has 0 radical (unpaired) electrons. The zero-order chi connectivity index (χ0) is 20.5. The summed E-state index contributed by atoms with van der Waals surface area (Å²) in [6, 6.07) is 16.3. The second-order valence-electron chi connectivity index (χ2n) is 7.75. The number of methoxy groups -OCH3 is 1. The zero-order valence-corrected chi connectivity index (χ0v) is 17.7. The van der Waals surface area contributed by atoms with Gasteiger partial charge in [-0.05, 0) is 49.6 Å². The van der Waals surface area contributed by atoms with Gasteiger partial charge >= 0.3 is 0 Å². The molecule has 1 aliphatic heterocycles. The Morgan fingerprint density at radius 2 is 1.72 bits per heavy atom. The van der Waals surface area contributed by atoms with Gasteiger partial charge in [0.05, 0.1) is 7.11 Å². The second-order valence-corrected chi connectivity index (χ2v) is 7.75. The largest absolute Gasteiger partial charge is 0.496 e. The second kappa shape index (κ2) is 11.0. The normalized spacial score (nSPS) is 15.2. The lowest BCUT2D eigenvalue weighted by molar-refractivity contribution is 0.0951. The summed E-state index contributed by atoms with van der Waals surface area (Å²) in [6.45, 7) is 9.34. The van der Waals surface area contributed by atoms with Crippen molar-refractivity contribution in [2.45, 2.75) is 26.3 Å². The Morgan fingerprint density at radius 3 is 2.45 bits per heavy atom. The molecular formula is C24H33N3O2. The molecular weight excluding hydrogens is 362 g/mol. The summed E-state index contributed by atoms with van der Waals surface area (Å²) in [7, 11) is 1.63. The summed E-state index contributed by atoms with van der Waals surface area (Å²) in [5.41, 5.74) is 3.08. The summed E-state index contributed by atoms with van der Waals surface area (Å²) in [6.07, 6.45) is 2.11. The number of unbranched alkanes of at least 4 members (excludes halogenated alkanes) is 1. The van der Waals surface area contributed by atoms with Gasteiger partial charge in [0.2, 0.25) is 0 Å². The predicted octanol–water partition coefficient (Wildman–Crippen LogP) is 3.33. The number of nitrogens with zero attached hydrogens (tertiary/aromatic N) is 2. The number of piperazine rings is 1. The molecule has 29 heavy (non-hydrogen) atoms. The molecule has 1 heterocycles. The molecule has 1 aliphatic rings. The maximum absolute atomic E-state index is 12.3. The molecule has 156 valence electrons. The average Bonchev–Trinajstić information content (AvgIpc) is 2.75. The van der Waals surface area contributed by atoms with Crippen LogP contribution in [-0.2, 0) is 6.54 Å². The van der Waals surface area contributed by atoms with Gasteiger partial charge in [0.15, 0.2) is 0 Å². The molecule has 2 aromatic carbocycles. The first-order chi connectivity index (χ1) is 14.2. The first-order valence-corrected chi connectivity index (χ1v) is 10.6. The number of aryl methyl sites for hydroxylation is 1. The van der Waals surface area contributed by atoms with Crippen molar-refractivity contribution in [1.82, 2.24) is 15.1 Å². The lowest BCUT2D eigenvalue weighted by Crippen LogP contribution is -2.46. The van der Waals surface area contributed by atoms with Crippen LogP contribution in [0.15, 0.2) is 48.5 Å². The Bertz CT molecular complexity index is 771. The average molecular weight is 396 g/mol. The summed E-state index contributed by atoms with van der Waals surface area (Å²) >= 11 is 0. The van der Waals surface area contributed by atoms with E-state index in [4.69, 9.17) is 4.74 Å². The Labute approximate surface area is 174 Å². The third kappa shape index (κ3) is 6.58. The topological polar surface area (TPSA) is 44.8 Å². The number of benzene rings is 2. The number of ether oxygens (including phenoxy) is 1. The predicted molar refractivity (Wildman–Crippen MR) is 117 cm³/mol. The molecule has 2 aromatic rings. The molecule has 0 unspecified atom stereocenters. The maximum Gasteiger partial charge on any atom is 0.251 e. The number of hydrogen-bond donors (Lipinski definition) is 1. The van der Waals surface area contributed by atoms with E-state index < -0.39 is 0 Å². The van der Waals surface area contributed by atoms with Crippen LogP contribution < -0.4 is 10.1 Å². The molecule has 1 fully saturated rings. The van der Waals surface area contributed by atoms with Gasteiger partial charge in [-0.25, -0.2) is 0 Å². The monoisotopic (exact) mass is 395 g/mol. The zero-order valence-electron chi connectivity index (χ0n) is 17.7. The highest BCUT2D eigenvalue weighted by molar-refractivity contribution is 5.94. The van der Waals surface area contributed by atoms with Gasteiger partial charge in [-0.15, -0.1) is 0 Å². The molecule has 0 atom stereocenters. The first kappa shape index (κ1) is 21.3. The van der Waals surface area contributed by atoms with Crippen LogP contribution in [0.2, 0.25) is 0 Å². The Balaban J connectivity index is 1.29. The number of amides is 1. The van der Waals surface area contributed by atoms with Gasteiger partial charge in [-0.2, -0.15) is 0 Å². The standard InChI is InChI=1S/C24H33N3O2/c1-20-10-11-22(18-23(20)29-2)24(28)25-12-6-7-13-26-14-16-27(17-15-26)19-21-8-4-3-5-9-21/h3-5,8-11,18H,6-7,12-17,19H2,1-2H3,(H,25,28). The molecule has 0 aromatic heterocycles. The van der Waals surface area contributed by atoms with Crippen molar-refractivity contribution in [3.8, 4) is 5.75 Å². The van der Waals surface area contributed by atoms with Crippen LogP contribution >= 0.6 is 0 Å². The van der Waals surface area contributed by atoms with Crippen LogP contribution in [0.4, 0.5) is 0 Å². The highest BCUT2D eigenvalue weighted by Gasteiger charge is 2.16. The summed E-state index contributed by atoms with van der Waals surface area (Å²) in [5, 5.41) is 3.02. The van der Waals surface area contributed by atoms with Gasteiger partial charge in [0.25, 0.3) is 5.91 Å². The lowest BCUT2D eigenvalue weighted by Gasteiger charge is -2.34. The van der Waals surface area contributed by atoms with E-state index in [0.717, 1.165) is 63.4 Å². The van der Waals surface area contributed by atoms with Crippen molar-refractivity contribution >= 4 is 5.91 Å². The van der Waals surface area contributed by atoms with E-state index in [1.54, 1.807) is 13.2 Å².